The van der Waals surface area contributed by atoms with Gasteiger partial charge in [0.2, 0.25) is 10.0 Å². The van der Waals surface area contributed by atoms with Gasteiger partial charge >= 0.3 is 0 Å². The predicted molar refractivity (Wildman–Crippen MR) is 134 cm³/mol. The molecule has 2 aromatic carbocycles. The number of rotatable bonds is 9. The molecule has 2 aliphatic heterocycles. The average Bonchev–Trinajstić information content (AvgIpc) is 2.88. The zero-order chi connectivity index (χ0) is 24.7. The standard InChI is InChI=1S/C26H35N3O5S/c1-21-3-2-13-28(19-21)20-22-4-6-23(7-5-22)26(30)27-12-16-34-24-8-10-25(11-9-24)35(31,32)29-14-17-33-18-15-29/h4-11,21H,2-3,12-20H2,1H3,(H,27,30). The third kappa shape index (κ3) is 7.04. The van der Waals surface area contributed by atoms with Gasteiger partial charge in [0.05, 0.1) is 24.7 Å². The summed E-state index contributed by atoms with van der Waals surface area (Å²) in [7, 11) is -3.52. The molecule has 2 saturated heterocycles. The quantitative estimate of drug-likeness (QED) is 0.532. The van der Waals surface area contributed by atoms with Crippen molar-refractivity contribution < 1.29 is 22.7 Å². The molecular formula is C26H35N3O5S. The number of morpholine rings is 1. The highest BCUT2D eigenvalue weighted by molar-refractivity contribution is 7.89. The molecule has 1 N–H and O–H groups in total. The van der Waals surface area contributed by atoms with Crippen molar-refractivity contribution in [1.29, 1.82) is 0 Å². The van der Waals surface area contributed by atoms with E-state index in [1.165, 1.54) is 22.7 Å². The highest BCUT2D eigenvalue weighted by Gasteiger charge is 2.26. The summed E-state index contributed by atoms with van der Waals surface area (Å²) in [5, 5.41) is 2.87. The van der Waals surface area contributed by atoms with E-state index in [-0.39, 0.29) is 17.4 Å². The molecule has 1 atom stereocenters. The lowest BCUT2D eigenvalue weighted by molar-refractivity contribution is 0.0730. The molecule has 0 aliphatic carbocycles. The summed E-state index contributed by atoms with van der Waals surface area (Å²) in [4.78, 5) is 15.2. The minimum absolute atomic E-state index is 0.140. The van der Waals surface area contributed by atoms with Crippen molar-refractivity contribution in [2.45, 2.75) is 31.2 Å². The van der Waals surface area contributed by atoms with Crippen molar-refractivity contribution in [3.8, 4) is 5.75 Å². The number of amides is 1. The third-order valence-corrected chi connectivity index (χ3v) is 8.36. The fourth-order valence-electron chi connectivity index (χ4n) is 4.53. The minimum Gasteiger partial charge on any atom is -0.492 e. The maximum absolute atomic E-state index is 12.7. The molecule has 4 rings (SSSR count). The largest absolute Gasteiger partial charge is 0.492 e. The monoisotopic (exact) mass is 501 g/mol. The van der Waals surface area contributed by atoms with Crippen LogP contribution >= 0.6 is 0 Å². The number of ether oxygens (including phenoxy) is 2. The Labute approximate surface area is 208 Å². The Balaban J connectivity index is 1.20. The number of benzene rings is 2. The number of carbonyl (C=O) groups is 1. The van der Waals surface area contributed by atoms with Crippen LogP contribution in [0.2, 0.25) is 0 Å². The van der Waals surface area contributed by atoms with Crippen LogP contribution in [0.4, 0.5) is 0 Å². The predicted octanol–water partition coefficient (Wildman–Crippen LogP) is 2.75. The summed E-state index contributed by atoms with van der Waals surface area (Å²) >= 11 is 0. The number of hydrogen-bond acceptors (Lipinski definition) is 6. The van der Waals surface area contributed by atoms with Gasteiger partial charge in [-0.2, -0.15) is 4.31 Å². The number of piperidine rings is 1. The van der Waals surface area contributed by atoms with Crippen LogP contribution in [0, 0.1) is 5.92 Å². The first-order chi connectivity index (χ1) is 16.9. The summed E-state index contributed by atoms with van der Waals surface area (Å²) < 4.78 is 37.7. The van der Waals surface area contributed by atoms with E-state index in [4.69, 9.17) is 9.47 Å². The maximum atomic E-state index is 12.7. The number of nitrogens with one attached hydrogen (secondary N) is 1. The van der Waals surface area contributed by atoms with Crippen molar-refractivity contribution in [2.75, 3.05) is 52.5 Å². The second-order valence-electron chi connectivity index (χ2n) is 9.27. The van der Waals surface area contributed by atoms with Gasteiger partial charge in [-0.05, 0) is 67.3 Å². The fraction of sp³-hybridized carbons (Fsp3) is 0.500. The molecule has 2 aromatic rings. The van der Waals surface area contributed by atoms with E-state index in [1.54, 1.807) is 24.3 Å². The summed E-state index contributed by atoms with van der Waals surface area (Å²) in [6, 6.07) is 14.1. The lowest BCUT2D eigenvalue weighted by atomic mass is 9.99. The van der Waals surface area contributed by atoms with Crippen molar-refractivity contribution in [3.63, 3.8) is 0 Å². The number of carbonyl (C=O) groups excluding carboxylic acids is 1. The summed E-state index contributed by atoms with van der Waals surface area (Å²) in [5.74, 6) is 1.16. The van der Waals surface area contributed by atoms with E-state index < -0.39 is 10.0 Å². The third-order valence-electron chi connectivity index (χ3n) is 6.45. The van der Waals surface area contributed by atoms with Crippen molar-refractivity contribution in [1.82, 2.24) is 14.5 Å². The highest BCUT2D eigenvalue weighted by atomic mass is 32.2. The first kappa shape index (κ1) is 25.6. The molecule has 0 radical (unpaired) electrons. The van der Waals surface area contributed by atoms with Gasteiger partial charge in [-0.15, -0.1) is 0 Å². The van der Waals surface area contributed by atoms with Gasteiger partial charge in [-0.3, -0.25) is 9.69 Å². The normalized spacial score (nSPS) is 19.9. The molecule has 35 heavy (non-hydrogen) atoms. The van der Waals surface area contributed by atoms with Crippen LogP contribution in [0.3, 0.4) is 0 Å². The molecule has 1 unspecified atom stereocenters. The topological polar surface area (TPSA) is 88.2 Å². The number of sulfonamides is 1. The number of hydrogen-bond donors (Lipinski definition) is 1. The summed E-state index contributed by atoms with van der Waals surface area (Å²) in [6.45, 7) is 7.67. The van der Waals surface area contributed by atoms with Crippen LogP contribution < -0.4 is 10.1 Å². The Morgan fingerprint density at radius 1 is 1.06 bits per heavy atom. The second kappa shape index (κ2) is 12.0. The summed E-state index contributed by atoms with van der Waals surface area (Å²) in [6.07, 6.45) is 2.56. The molecule has 0 bridgehead atoms. The van der Waals surface area contributed by atoms with Gasteiger partial charge < -0.3 is 14.8 Å². The van der Waals surface area contributed by atoms with Crippen LogP contribution in [-0.4, -0.2) is 76.1 Å². The molecule has 0 saturated carbocycles. The maximum Gasteiger partial charge on any atom is 0.251 e. The Bertz CT molecular complexity index is 1070. The molecular weight excluding hydrogens is 466 g/mol. The Hall–Kier alpha value is -2.46. The van der Waals surface area contributed by atoms with E-state index in [2.05, 4.69) is 17.1 Å². The lowest BCUT2D eigenvalue weighted by Gasteiger charge is -2.30. The van der Waals surface area contributed by atoms with Crippen LogP contribution in [0.25, 0.3) is 0 Å². The molecule has 1 amide bonds. The minimum atomic E-state index is -3.52. The zero-order valence-corrected chi connectivity index (χ0v) is 21.1. The van der Waals surface area contributed by atoms with Crippen molar-refractivity contribution >= 4 is 15.9 Å². The van der Waals surface area contributed by atoms with Gasteiger partial charge in [0.15, 0.2) is 0 Å². The van der Waals surface area contributed by atoms with Gasteiger partial charge in [0.1, 0.15) is 12.4 Å². The van der Waals surface area contributed by atoms with E-state index in [0.29, 0.717) is 44.2 Å². The zero-order valence-electron chi connectivity index (χ0n) is 20.3. The van der Waals surface area contributed by atoms with Gasteiger partial charge in [-0.25, -0.2) is 8.42 Å². The SMILES string of the molecule is CC1CCCN(Cc2ccc(C(=O)NCCOc3ccc(S(=O)(=O)N4CCOCC4)cc3)cc2)C1. The number of likely N-dealkylation sites (tertiary alicyclic amines) is 1. The van der Waals surface area contributed by atoms with E-state index in [0.717, 1.165) is 25.6 Å². The highest BCUT2D eigenvalue weighted by Crippen LogP contribution is 2.21. The lowest BCUT2D eigenvalue weighted by Crippen LogP contribution is -2.40. The van der Waals surface area contributed by atoms with Gasteiger partial charge in [0.25, 0.3) is 5.91 Å². The Morgan fingerprint density at radius 2 is 1.77 bits per heavy atom. The van der Waals surface area contributed by atoms with Crippen LogP contribution in [-0.2, 0) is 21.3 Å². The van der Waals surface area contributed by atoms with Gasteiger partial charge in [-0.1, -0.05) is 19.1 Å². The van der Waals surface area contributed by atoms with E-state index in [9.17, 15) is 13.2 Å². The Morgan fingerprint density at radius 3 is 2.46 bits per heavy atom. The van der Waals surface area contributed by atoms with Crippen molar-refractivity contribution in [2.24, 2.45) is 5.92 Å². The molecule has 2 heterocycles. The first-order valence-corrected chi connectivity index (χ1v) is 13.8. The average molecular weight is 502 g/mol. The van der Waals surface area contributed by atoms with Crippen molar-refractivity contribution in [3.05, 3.63) is 59.7 Å². The van der Waals surface area contributed by atoms with Crippen LogP contribution in [0.1, 0.15) is 35.7 Å². The van der Waals surface area contributed by atoms with E-state index in [1.807, 2.05) is 24.3 Å². The number of nitrogens with zero attached hydrogens (tertiary/aromatic N) is 2. The second-order valence-corrected chi connectivity index (χ2v) is 11.2. The molecule has 0 spiro atoms. The van der Waals surface area contributed by atoms with Crippen LogP contribution in [0.15, 0.2) is 53.4 Å². The molecule has 2 aliphatic rings. The van der Waals surface area contributed by atoms with E-state index >= 15 is 0 Å². The molecule has 0 aromatic heterocycles. The Kier molecular flexibility index (Phi) is 8.78. The molecule has 2 fully saturated rings. The first-order valence-electron chi connectivity index (χ1n) is 12.3. The summed E-state index contributed by atoms with van der Waals surface area (Å²) in [5.41, 5.74) is 1.84. The smallest absolute Gasteiger partial charge is 0.251 e. The fourth-order valence-corrected chi connectivity index (χ4v) is 5.94. The molecule has 190 valence electrons. The molecule has 8 nitrogen and oxygen atoms in total. The van der Waals surface area contributed by atoms with Crippen LogP contribution in [0.5, 0.6) is 5.75 Å². The van der Waals surface area contributed by atoms with Gasteiger partial charge in [0, 0.05) is 31.7 Å². The molecule has 9 heteroatoms.